The number of rotatable bonds is 5. The number of nitriles is 1. The van der Waals surface area contributed by atoms with Crippen LogP contribution >= 0.6 is 0 Å². The first-order chi connectivity index (χ1) is 10.1. The minimum Gasteiger partial charge on any atom is -0.335 e. The molecule has 0 aliphatic heterocycles. The van der Waals surface area contributed by atoms with E-state index in [1.165, 1.54) is 0 Å². The van der Waals surface area contributed by atoms with E-state index in [0.717, 1.165) is 5.69 Å². The third-order valence-electron chi connectivity index (χ3n) is 3.01. The highest BCUT2D eigenvalue weighted by Crippen LogP contribution is 2.08. The van der Waals surface area contributed by atoms with Crippen LogP contribution in [0.5, 0.6) is 0 Å². The minimum absolute atomic E-state index is 0.308. The van der Waals surface area contributed by atoms with E-state index in [1.807, 2.05) is 44.2 Å². The molecule has 1 heterocycles. The quantitative estimate of drug-likeness (QED) is 0.916. The molecule has 21 heavy (non-hydrogen) atoms. The first-order valence-corrected chi connectivity index (χ1v) is 6.91. The molecule has 108 valence electrons. The Morgan fingerprint density at radius 1 is 1.33 bits per heavy atom. The Morgan fingerprint density at radius 3 is 2.67 bits per heavy atom. The number of hydrogen-bond acceptors (Lipinski definition) is 3. The van der Waals surface area contributed by atoms with Crippen molar-refractivity contribution in [2.45, 2.75) is 26.3 Å². The molecule has 1 N–H and O–H groups in total. The molecule has 0 bridgehead atoms. The lowest BCUT2D eigenvalue weighted by Gasteiger charge is -2.12. The van der Waals surface area contributed by atoms with Crippen molar-refractivity contribution >= 4 is 5.91 Å². The molecule has 5 heteroatoms. The first kappa shape index (κ1) is 14.8. The molecule has 1 aromatic heterocycles. The van der Waals surface area contributed by atoms with Gasteiger partial charge >= 0.3 is 0 Å². The maximum atomic E-state index is 12.1. The highest BCUT2D eigenvalue weighted by atomic mass is 16.2. The molecule has 5 nitrogen and oxygen atoms in total. The zero-order chi connectivity index (χ0) is 15.2. The van der Waals surface area contributed by atoms with E-state index < -0.39 is 6.04 Å². The fourth-order valence-electron chi connectivity index (χ4n) is 2.02. The van der Waals surface area contributed by atoms with Crippen molar-refractivity contribution in [1.82, 2.24) is 15.1 Å². The Morgan fingerprint density at radius 2 is 2.05 bits per heavy atom. The maximum Gasteiger partial charge on any atom is 0.272 e. The maximum absolute atomic E-state index is 12.1. The molecule has 0 unspecified atom stereocenters. The van der Waals surface area contributed by atoms with Gasteiger partial charge in [0.25, 0.3) is 5.91 Å². The van der Waals surface area contributed by atoms with Crippen molar-refractivity contribution in [3.63, 3.8) is 0 Å². The Balaban J connectivity index is 2.07. The molecule has 0 saturated heterocycles. The van der Waals surface area contributed by atoms with Crippen LogP contribution in [0.25, 0.3) is 5.69 Å². The molecule has 1 atom stereocenters. The Labute approximate surface area is 124 Å². The third-order valence-corrected chi connectivity index (χ3v) is 3.01. The summed E-state index contributed by atoms with van der Waals surface area (Å²) >= 11 is 0. The lowest BCUT2D eigenvalue weighted by Crippen LogP contribution is -2.35. The molecule has 1 aromatic carbocycles. The lowest BCUT2D eigenvalue weighted by atomic mass is 10.0. The lowest BCUT2D eigenvalue weighted by molar-refractivity contribution is 0.0936. The van der Waals surface area contributed by atoms with Crippen LogP contribution in [-0.2, 0) is 0 Å². The normalized spacial score (nSPS) is 11.9. The predicted octanol–water partition coefficient (Wildman–Crippen LogP) is 2.54. The van der Waals surface area contributed by atoms with E-state index in [0.29, 0.717) is 18.0 Å². The van der Waals surface area contributed by atoms with Crippen LogP contribution in [0, 0.1) is 17.2 Å². The van der Waals surface area contributed by atoms with E-state index in [9.17, 15) is 4.79 Å². The largest absolute Gasteiger partial charge is 0.335 e. The molecular weight excluding hydrogens is 264 g/mol. The van der Waals surface area contributed by atoms with Gasteiger partial charge in [-0.25, -0.2) is 4.68 Å². The summed E-state index contributed by atoms with van der Waals surface area (Å²) < 4.78 is 1.64. The van der Waals surface area contributed by atoms with E-state index in [1.54, 1.807) is 16.9 Å². The Hall–Kier alpha value is -2.61. The van der Waals surface area contributed by atoms with Crippen LogP contribution < -0.4 is 5.32 Å². The fourth-order valence-corrected chi connectivity index (χ4v) is 2.02. The van der Waals surface area contributed by atoms with Crippen molar-refractivity contribution in [2.24, 2.45) is 5.92 Å². The monoisotopic (exact) mass is 282 g/mol. The van der Waals surface area contributed by atoms with Crippen molar-refractivity contribution in [3.8, 4) is 11.8 Å². The second kappa shape index (κ2) is 6.71. The van der Waals surface area contributed by atoms with Crippen LogP contribution in [0.15, 0.2) is 42.6 Å². The highest BCUT2D eigenvalue weighted by molar-refractivity contribution is 5.92. The van der Waals surface area contributed by atoms with Gasteiger partial charge in [-0.1, -0.05) is 32.0 Å². The van der Waals surface area contributed by atoms with Crippen LogP contribution in [0.4, 0.5) is 0 Å². The molecule has 0 aliphatic rings. The minimum atomic E-state index is -0.487. The number of benzene rings is 1. The molecular formula is C16H18N4O. The van der Waals surface area contributed by atoms with Gasteiger partial charge < -0.3 is 5.32 Å². The van der Waals surface area contributed by atoms with Gasteiger partial charge in [-0.3, -0.25) is 4.79 Å². The zero-order valence-corrected chi connectivity index (χ0v) is 12.2. The predicted molar refractivity (Wildman–Crippen MR) is 79.9 cm³/mol. The number of carbonyl (C=O) groups is 1. The third kappa shape index (κ3) is 3.93. The summed E-state index contributed by atoms with van der Waals surface area (Å²) in [6.45, 7) is 4.03. The molecule has 1 amide bonds. The van der Waals surface area contributed by atoms with Crippen molar-refractivity contribution < 1.29 is 4.79 Å². The number of nitrogens with one attached hydrogen (secondary N) is 1. The number of hydrogen-bond donors (Lipinski definition) is 1. The topological polar surface area (TPSA) is 70.7 Å². The summed E-state index contributed by atoms with van der Waals surface area (Å²) in [6, 6.07) is 12.8. The summed E-state index contributed by atoms with van der Waals surface area (Å²) in [4.78, 5) is 12.1. The van der Waals surface area contributed by atoms with Gasteiger partial charge in [0.05, 0.1) is 11.8 Å². The molecule has 0 aliphatic carbocycles. The number of para-hydroxylation sites is 1. The Bertz CT molecular complexity index is 640. The van der Waals surface area contributed by atoms with Crippen molar-refractivity contribution in [1.29, 1.82) is 5.26 Å². The average molecular weight is 282 g/mol. The van der Waals surface area contributed by atoms with E-state index in [-0.39, 0.29) is 5.91 Å². The second-order valence-electron chi connectivity index (χ2n) is 5.27. The number of aromatic nitrogens is 2. The van der Waals surface area contributed by atoms with Gasteiger partial charge in [0.15, 0.2) is 5.69 Å². The molecule has 0 radical (unpaired) electrons. The van der Waals surface area contributed by atoms with Gasteiger partial charge in [0.1, 0.15) is 6.04 Å². The van der Waals surface area contributed by atoms with E-state index >= 15 is 0 Å². The SMILES string of the molecule is CC(C)C[C@@H](C#N)NC(=O)c1ccn(-c2ccccc2)n1. The van der Waals surface area contributed by atoms with E-state index in [2.05, 4.69) is 16.5 Å². The van der Waals surface area contributed by atoms with E-state index in [4.69, 9.17) is 5.26 Å². The smallest absolute Gasteiger partial charge is 0.272 e. The summed E-state index contributed by atoms with van der Waals surface area (Å²) in [7, 11) is 0. The molecule has 2 aromatic rings. The molecule has 0 fully saturated rings. The summed E-state index contributed by atoms with van der Waals surface area (Å²) in [5.74, 6) is 0.0220. The fraction of sp³-hybridized carbons (Fsp3) is 0.312. The Kier molecular flexibility index (Phi) is 4.72. The van der Waals surface area contributed by atoms with Crippen LogP contribution in [-0.4, -0.2) is 21.7 Å². The van der Waals surface area contributed by atoms with Gasteiger partial charge in [0.2, 0.25) is 0 Å². The number of nitrogens with zero attached hydrogens (tertiary/aromatic N) is 3. The van der Waals surface area contributed by atoms with Crippen LogP contribution in [0.2, 0.25) is 0 Å². The van der Waals surface area contributed by atoms with Crippen molar-refractivity contribution in [2.75, 3.05) is 0 Å². The molecule has 0 spiro atoms. The first-order valence-electron chi connectivity index (χ1n) is 6.91. The summed E-state index contributed by atoms with van der Waals surface area (Å²) in [5, 5.41) is 16.0. The average Bonchev–Trinajstić information content (AvgIpc) is 2.97. The van der Waals surface area contributed by atoms with Crippen LogP contribution in [0.3, 0.4) is 0 Å². The standard InChI is InChI=1S/C16H18N4O/c1-12(2)10-13(11-17)18-16(21)15-8-9-20(19-15)14-6-4-3-5-7-14/h3-9,12-13H,10H2,1-2H3,(H,18,21)/t13-/m0/s1. The number of amides is 1. The number of carbonyl (C=O) groups excluding carboxylic acids is 1. The summed E-state index contributed by atoms with van der Waals surface area (Å²) in [6.07, 6.45) is 2.36. The molecule has 0 saturated carbocycles. The van der Waals surface area contributed by atoms with Crippen molar-refractivity contribution in [3.05, 3.63) is 48.3 Å². The molecule has 2 rings (SSSR count). The van der Waals surface area contributed by atoms with Gasteiger partial charge in [-0.15, -0.1) is 0 Å². The van der Waals surface area contributed by atoms with Gasteiger partial charge in [-0.2, -0.15) is 10.4 Å². The highest BCUT2D eigenvalue weighted by Gasteiger charge is 2.16. The van der Waals surface area contributed by atoms with Gasteiger partial charge in [-0.05, 0) is 30.5 Å². The zero-order valence-electron chi connectivity index (χ0n) is 12.2. The van der Waals surface area contributed by atoms with Crippen LogP contribution in [0.1, 0.15) is 30.8 Å². The second-order valence-corrected chi connectivity index (χ2v) is 5.27. The summed E-state index contributed by atoms with van der Waals surface area (Å²) in [5.41, 5.74) is 1.19. The van der Waals surface area contributed by atoms with Gasteiger partial charge in [0, 0.05) is 6.20 Å².